The van der Waals surface area contributed by atoms with Gasteiger partial charge < -0.3 is 32.4 Å². The van der Waals surface area contributed by atoms with Gasteiger partial charge in [-0.25, -0.2) is 18.7 Å². The second-order valence-corrected chi connectivity index (χ2v) is 16.5. The summed E-state index contributed by atoms with van der Waals surface area (Å²) < 4.78 is 40.7. The van der Waals surface area contributed by atoms with Crippen LogP contribution in [0.2, 0.25) is 10.0 Å². The van der Waals surface area contributed by atoms with E-state index in [1.165, 1.54) is 24.3 Å². The first kappa shape index (κ1) is 43.0. The van der Waals surface area contributed by atoms with Gasteiger partial charge in [0.05, 0.1) is 22.1 Å². The lowest BCUT2D eigenvalue weighted by Crippen LogP contribution is -2.42. The van der Waals surface area contributed by atoms with Gasteiger partial charge in [0.1, 0.15) is 24.8 Å². The quantitative estimate of drug-likeness (QED) is 0.0833. The number of carbonyl (C=O) groups excluding carboxylic acids is 1. The van der Waals surface area contributed by atoms with E-state index in [4.69, 9.17) is 55.6 Å². The Hall–Kier alpha value is -5.67. The summed E-state index contributed by atoms with van der Waals surface area (Å²) in [4.78, 5) is 28.3. The molecule has 4 heterocycles. The molecule has 0 aliphatic carbocycles. The number of ether oxygens (including phenoxy) is 2. The van der Waals surface area contributed by atoms with Gasteiger partial charge in [0, 0.05) is 72.9 Å². The molecule has 0 bridgehead atoms. The SMILES string of the molecule is Nc1ncc(-c2ccc(C(C(=O)C(c3ccc(-c4cnc(N)c(OCc5c(F)cccc5Cl)c4)cc3)N3CC[C@H](N)C3)N3CC[C@H](N)C3)cc2)cc1OCc1c(F)cccc1Cl. The van der Waals surface area contributed by atoms with Crippen LogP contribution in [0.4, 0.5) is 20.4 Å². The molecule has 0 saturated carbocycles. The molecular formula is C47H46Cl2F2N8O3. The van der Waals surface area contributed by atoms with Gasteiger partial charge in [-0.1, -0.05) is 83.9 Å². The van der Waals surface area contributed by atoms with Crippen molar-refractivity contribution in [3.05, 3.63) is 153 Å². The number of ketones is 1. The van der Waals surface area contributed by atoms with E-state index in [1.807, 2.05) is 48.5 Å². The van der Waals surface area contributed by atoms with Gasteiger partial charge >= 0.3 is 0 Å². The molecule has 8 rings (SSSR count). The summed E-state index contributed by atoms with van der Waals surface area (Å²) in [5.41, 5.74) is 30.4. The third kappa shape index (κ3) is 9.38. The Bertz CT molecular complexity index is 2350. The number of Topliss-reactive ketones (excluding diaryl/α,β-unsaturated/α-hetero) is 1. The molecule has 2 unspecified atom stereocenters. The van der Waals surface area contributed by atoms with Crippen LogP contribution in [0.5, 0.6) is 11.5 Å². The van der Waals surface area contributed by atoms with Crippen LogP contribution >= 0.6 is 23.2 Å². The highest BCUT2D eigenvalue weighted by Gasteiger charge is 2.40. The Kier molecular flexibility index (Phi) is 13.0. The number of nitrogens with zero attached hydrogens (tertiary/aromatic N) is 4. The molecule has 15 heteroatoms. The zero-order valence-electron chi connectivity index (χ0n) is 33.7. The number of rotatable bonds is 14. The normalized spacial score (nSPS) is 17.8. The molecule has 0 spiro atoms. The highest BCUT2D eigenvalue weighted by molar-refractivity contribution is 6.31. The van der Waals surface area contributed by atoms with Crippen LogP contribution in [0.15, 0.2) is 109 Å². The molecule has 0 amide bonds. The Balaban J connectivity index is 1.06. The smallest absolute Gasteiger partial charge is 0.176 e. The van der Waals surface area contributed by atoms with E-state index in [0.29, 0.717) is 26.2 Å². The summed E-state index contributed by atoms with van der Waals surface area (Å²) >= 11 is 12.4. The highest BCUT2D eigenvalue weighted by atomic mass is 35.5. The van der Waals surface area contributed by atoms with E-state index < -0.39 is 23.7 Å². The largest absolute Gasteiger partial charge is 0.485 e. The second kappa shape index (κ2) is 18.7. The van der Waals surface area contributed by atoms with Gasteiger partial charge in [0.2, 0.25) is 0 Å². The zero-order chi connectivity index (χ0) is 43.5. The molecule has 4 aromatic carbocycles. The van der Waals surface area contributed by atoms with E-state index >= 15 is 4.79 Å². The minimum Gasteiger partial charge on any atom is -0.485 e. The molecule has 2 fully saturated rings. The number of carbonyl (C=O) groups is 1. The Morgan fingerprint density at radius 2 is 1.05 bits per heavy atom. The lowest BCUT2D eigenvalue weighted by Gasteiger charge is -2.34. The van der Waals surface area contributed by atoms with Crippen molar-refractivity contribution in [1.82, 2.24) is 19.8 Å². The second-order valence-electron chi connectivity index (χ2n) is 15.7. The number of aromatic nitrogens is 2. The Morgan fingerprint density at radius 1 is 0.645 bits per heavy atom. The summed E-state index contributed by atoms with van der Waals surface area (Å²) in [5, 5.41) is 0.501. The van der Waals surface area contributed by atoms with Gasteiger partial charge in [-0.3, -0.25) is 14.6 Å². The number of benzene rings is 4. The summed E-state index contributed by atoms with van der Waals surface area (Å²) in [6, 6.07) is 26.7. The van der Waals surface area contributed by atoms with E-state index in [0.717, 1.165) is 46.2 Å². The number of anilines is 2. The predicted molar refractivity (Wildman–Crippen MR) is 238 cm³/mol. The van der Waals surface area contributed by atoms with Gasteiger partial charge in [0.15, 0.2) is 28.9 Å². The molecule has 2 saturated heterocycles. The fourth-order valence-corrected chi connectivity index (χ4v) is 8.61. The number of pyridine rings is 2. The maximum atomic E-state index is 15.3. The zero-order valence-corrected chi connectivity index (χ0v) is 35.2. The van der Waals surface area contributed by atoms with E-state index in [-0.39, 0.29) is 75.4 Å². The van der Waals surface area contributed by atoms with Gasteiger partial charge in [-0.05, 0) is 71.5 Å². The van der Waals surface area contributed by atoms with Gasteiger partial charge in [0.25, 0.3) is 0 Å². The fourth-order valence-electron chi connectivity index (χ4n) is 8.17. The molecule has 320 valence electrons. The third-order valence-corrected chi connectivity index (χ3v) is 12.2. The molecule has 8 N–H and O–H groups in total. The van der Waals surface area contributed by atoms with Gasteiger partial charge in [-0.15, -0.1) is 0 Å². The van der Waals surface area contributed by atoms with Crippen molar-refractivity contribution in [3.8, 4) is 33.8 Å². The number of hydrogen-bond acceptors (Lipinski definition) is 11. The van der Waals surface area contributed by atoms with Crippen LogP contribution < -0.4 is 32.4 Å². The molecule has 0 radical (unpaired) electrons. The maximum absolute atomic E-state index is 15.3. The number of likely N-dealkylation sites (tertiary alicyclic amines) is 2. The van der Waals surface area contributed by atoms with Crippen molar-refractivity contribution in [1.29, 1.82) is 0 Å². The predicted octanol–water partition coefficient (Wildman–Crippen LogP) is 8.14. The monoisotopic (exact) mass is 878 g/mol. The number of hydrogen-bond donors (Lipinski definition) is 4. The molecular weight excluding hydrogens is 833 g/mol. The molecule has 2 aromatic heterocycles. The topological polar surface area (TPSA) is 172 Å². The minimum absolute atomic E-state index is 0.0157. The Labute approximate surface area is 368 Å². The van der Waals surface area contributed by atoms with Crippen LogP contribution in [0.3, 0.4) is 0 Å². The standard InChI is InChI=1S/C47H46Cl2F2N8O3/c48-37-3-1-5-39(50)35(37)25-61-41-19-31(21-56-46(41)54)27-7-11-29(12-8-27)43(58-17-15-33(52)23-58)45(60)44(59-18-16-34(53)24-59)30-13-9-28(10-14-30)32-20-42(47(55)57-22-32)62-26-36-38(49)4-2-6-40(36)51/h1-14,19-22,33-34,43-44H,15-18,23-26,52-53H2,(H2,54,56)(H2,55,57)/t33-,34-,43?,44?/m0/s1. The average Bonchev–Trinajstić information content (AvgIpc) is 3.89. The molecule has 4 atom stereocenters. The van der Waals surface area contributed by atoms with Crippen molar-refractivity contribution in [2.75, 3.05) is 37.6 Å². The summed E-state index contributed by atoms with van der Waals surface area (Å²) in [5.74, 6) is -0.0621. The highest BCUT2D eigenvalue weighted by Crippen LogP contribution is 2.38. The lowest BCUT2D eigenvalue weighted by atomic mass is 9.90. The lowest BCUT2D eigenvalue weighted by molar-refractivity contribution is -0.129. The van der Waals surface area contributed by atoms with Crippen molar-refractivity contribution >= 4 is 40.6 Å². The number of nitrogens with two attached hydrogens (primary N) is 4. The summed E-state index contributed by atoms with van der Waals surface area (Å²) in [7, 11) is 0. The van der Waals surface area contributed by atoms with E-state index in [2.05, 4.69) is 19.8 Å². The summed E-state index contributed by atoms with van der Waals surface area (Å²) in [6.45, 7) is 2.20. The Morgan fingerprint density at radius 3 is 1.40 bits per heavy atom. The molecule has 62 heavy (non-hydrogen) atoms. The fraction of sp³-hybridized carbons (Fsp3) is 0.255. The number of nitrogen functional groups attached to an aromatic ring is 2. The van der Waals surface area contributed by atoms with Crippen LogP contribution in [0.1, 0.15) is 47.2 Å². The van der Waals surface area contributed by atoms with Crippen LogP contribution in [0, 0.1) is 11.6 Å². The molecule has 2 aliphatic heterocycles. The number of halogens is 4. The first-order valence-corrected chi connectivity index (χ1v) is 21.0. The first-order chi connectivity index (χ1) is 29.9. The van der Waals surface area contributed by atoms with Crippen LogP contribution in [-0.4, -0.2) is 63.8 Å². The van der Waals surface area contributed by atoms with E-state index in [9.17, 15) is 8.78 Å². The summed E-state index contributed by atoms with van der Waals surface area (Å²) in [6.07, 6.45) is 4.81. The minimum atomic E-state index is -0.600. The average molecular weight is 880 g/mol. The first-order valence-electron chi connectivity index (χ1n) is 20.3. The third-order valence-electron chi connectivity index (χ3n) is 11.5. The van der Waals surface area contributed by atoms with Gasteiger partial charge in [-0.2, -0.15) is 0 Å². The van der Waals surface area contributed by atoms with Crippen LogP contribution in [-0.2, 0) is 18.0 Å². The van der Waals surface area contributed by atoms with Crippen LogP contribution in [0.25, 0.3) is 22.3 Å². The maximum Gasteiger partial charge on any atom is 0.176 e. The molecule has 2 aliphatic rings. The molecule has 11 nitrogen and oxygen atoms in total. The van der Waals surface area contributed by atoms with Crippen molar-refractivity contribution in [2.45, 2.75) is 50.2 Å². The van der Waals surface area contributed by atoms with Crippen molar-refractivity contribution < 1.29 is 23.0 Å². The van der Waals surface area contributed by atoms with Crippen molar-refractivity contribution in [3.63, 3.8) is 0 Å². The molecule has 6 aromatic rings. The van der Waals surface area contributed by atoms with E-state index in [1.54, 1.807) is 36.7 Å². The van der Waals surface area contributed by atoms with Crippen molar-refractivity contribution in [2.24, 2.45) is 11.5 Å².